The highest BCUT2D eigenvalue weighted by Gasteiger charge is 2.34. The van der Waals surface area contributed by atoms with Crippen LogP contribution < -0.4 is 4.74 Å². The summed E-state index contributed by atoms with van der Waals surface area (Å²) >= 11 is 5.87. The Morgan fingerprint density at radius 3 is 2.50 bits per heavy atom. The van der Waals surface area contributed by atoms with Gasteiger partial charge in [0.15, 0.2) is 5.75 Å². The summed E-state index contributed by atoms with van der Waals surface area (Å²) in [7, 11) is 0. The highest BCUT2D eigenvalue weighted by atomic mass is 35.5. The zero-order valence-corrected chi connectivity index (χ0v) is 13.7. The van der Waals surface area contributed by atoms with Crippen molar-refractivity contribution in [2.75, 3.05) is 0 Å². The van der Waals surface area contributed by atoms with Crippen LogP contribution in [-0.2, 0) is 19.4 Å². The lowest BCUT2D eigenvalue weighted by molar-refractivity contribution is -0.138. The number of hydrogen-bond acceptors (Lipinski definition) is 6. The first kappa shape index (κ1) is 18.1. The Kier molecular flexibility index (Phi) is 5.05. The van der Waals surface area contributed by atoms with E-state index in [0.29, 0.717) is 5.69 Å². The fourth-order valence-corrected chi connectivity index (χ4v) is 2.31. The number of hydrogen-bond donors (Lipinski definition) is 1. The molecule has 0 aliphatic heterocycles. The Bertz CT molecular complexity index is 899. The van der Waals surface area contributed by atoms with Crippen molar-refractivity contribution in [2.45, 2.75) is 19.4 Å². The lowest BCUT2D eigenvalue weighted by Crippen LogP contribution is -2.12. The van der Waals surface area contributed by atoms with Gasteiger partial charge in [-0.05, 0) is 12.1 Å². The van der Waals surface area contributed by atoms with Crippen LogP contribution in [-0.4, -0.2) is 30.1 Å². The van der Waals surface area contributed by atoms with E-state index >= 15 is 0 Å². The Morgan fingerprint density at radius 1 is 1.15 bits per heavy atom. The molecule has 7 nitrogen and oxygen atoms in total. The average Bonchev–Trinajstić information content (AvgIpc) is 3.09. The SMILES string of the molecule is OCc1cnn(-c2ncc(OCc3c(Cl)cccc3C(F)(F)F)cn2)n1. The maximum absolute atomic E-state index is 13.1. The first-order chi connectivity index (χ1) is 12.4. The van der Waals surface area contributed by atoms with Crippen LogP contribution in [0, 0.1) is 0 Å². The van der Waals surface area contributed by atoms with E-state index in [9.17, 15) is 13.2 Å². The second kappa shape index (κ2) is 7.26. The average molecular weight is 386 g/mol. The second-order valence-corrected chi connectivity index (χ2v) is 5.46. The molecule has 11 heteroatoms. The van der Waals surface area contributed by atoms with Crippen LogP contribution in [0.25, 0.3) is 5.95 Å². The summed E-state index contributed by atoms with van der Waals surface area (Å²) in [5, 5.41) is 16.7. The number of ether oxygens (including phenoxy) is 1. The van der Waals surface area contributed by atoms with Crippen molar-refractivity contribution in [3.05, 3.63) is 58.6 Å². The van der Waals surface area contributed by atoms with Crippen molar-refractivity contribution < 1.29 is 23.0 Å². The van der Waals surface area contributed by atoms with Crippen LogP contribution in [0.15, 0.2) is 36.8 Å². The third-order valence-electron chi connectivity index (χ3n) is 3.30. The summed E-state index contributed by atoms with van der Waals surface area (Å²) in [6, 6.07) is 3.52. The normalized spacial score (nSPS) is 11.6. The summed E-state index contributed by atoms with van der Waals surface area (Å²) in [4.78, 5) is 9.04. The summed E-state index contributed by atoms with van der Waals surface area (Å²) in [6.07, 6.45) is -0.646. The number of rotatable bonds is 5. The number of halogens is 4. The zero-order valence-electron chi connectivity index (χ0n) is 13.0. The van der Waals surface area contributed by atoms with Gasteiger partial charge in [-0.3, -0.25) is 0 Å². The molecule has 0 saturated heterocycles. The first-order valence-electron chi connectivity index (χ1n) is 7.20. The van der Waals surface area contributed by atoms with Crippen LogP contribution in [0.5, 0.6) is 5.75 Å². The Balaban J connectivity index is 1.75. The molecule has 1 aromatic carbocycles. The van der Waals surface area contributed by atoms with E-state index in [1.165, 1.54) is 30.7 Å². The van der Waals surface area contributed by atoms with Gasteiger partial charge in [-0.15, -0.1) is 9.90 Å². The predicted molar refractivity (Wildman–Crippen MR) is 83.7 cm³/mol. The van der Waals surface area contributed by atoms with Gasteiger partial charge in [-0.25, -0.2) is 9.97 Å². The van der Waals surface area contributed by atoms with Crippen LogP contribution in [0.3, 0.4) is 0 Å². The summed E-state index contributed by atoms with van der Waals surface area (Å²) in [6.45, 7) is -0.674. The molecule has 0 unspecified atom stereocenters. The molecule has 0 amide bonds. The van der Waals surface area contributed by atoms with Gasteiger partial charge >= 0.3 is 6.18 Å². The first-order valence-corrected chi connectivity index (χ1v) is 7.58. The Morgan fingerprint density at radius 2 is 1.88 bits per heavy atom. The van der Waals surface area contributed by atoms with Crippen molar-refractivity contribution in [1.82, 2.24) is 25.0 Å². The molecular weight excluding hydrogens is 375 g/mol. The molecule has 0 bridgehead atoms. The molecule has 136 valence electrons. The van der Waals surface area contributed by atoms with Gasteiger partial charge < -0.3 is 9.84 Å². The van der Waals surface area contributed by atoms with Crippen LogP contribution in [0.1, 0.15) is 16.8 Å². The van der Waals surface area contributed by atoms with Crippen LogP contribution in [0.4, 0.5) is 13.2 Å². The molecule has 0 atom stereocenters. The summed E-state index contributed by atoms with van der Waals surface area (Å²) in [5.41, 5.74) is -0.695. The van der Waals surface area contributed by atoms with Gasteiger partial charge in [0.2, 0.25) is 0 Å². The molecular formula is C15H11ClF3N5O2. The topological polar surface area (TPSA) is 86.0 Å². The van der Waals surface area contributed by atoms with Gasteiger partial charge in [0, 0.05) is 10.6 Å². The number of nitrogens with zero attached hydrogens (tertiary/aromatic N) is 5. The molecule has 0 radical (unpaired) electrons. The minimum Gasteiger partial charge on any atom is -0.486 e. The van der Waals surface area contributed by atoms with Gasteiger partial charge in [0.1, 0.15) is 12.3 Å². The Labute approximate surface area is 150 Å². The standard InChI is InChI=1S/C15H11ClF3N5O2/c16-13-3-1-2-12(15(17,18)19)11(13)8-26-10-5-20-14(21-6-10)24-22-4-9(7-25)23-24/h1-6,25H,7-8H2. The van der Waals surface area contributed by atoms with Gasteiger partial charge in [0.25, 0.3) is 5.95 Å². The monoisotopic (exact) mass is 385 g/mol. The molecule has 0 spiro atoms. The van der Waals surface area contributed by atoms with E-state index in [2.05, 4.69) is 20.2 Å². The third kappa shape index (κ3) is 3.92. The summed E-state index contributed by atoms with van der Waals surface area (Å²) in [5.74, 6) is 0.266. The molecule has 3 aromatic rings. The van der Waals surface area contributed by atoms with Crippen LogP contribution in [0.2, 0.25) is 5.02 Å². The zero-order chi connectivity index (χ0) is 18.7. The smallest absolute Gasteiger partial charge is 0.416 e. The van der Waals surface area contributed by atoms with E-state index < -0.39 is 18.3 Å². The van der Waals surface area contributed by atoms with Crippen molar-refractivity contribution in [1.29, 1.82) is 0 Å². The molecule has 26 heavy (non-hydrogen) atoms. The largest absolute Gasteiger partial charge is 0.486 e. The molecule has 0 saturated carbocycles. The van der Waals surface area contributed by atoms with Crippen molar-refractivity contribution in [2.24, 2.45) is 0 Å². The van der Waals surface area contributed by atoms with Crippen LogP contribution >= 0.6 is 11.6 Å². The summed E-state index contributed by atoms with van der Waals surface area (Å²) < 4.78 is 44.5. The maximum Gasteiger partial charge on any atom is 0.416 e. The van der Waals surface area contributed by atoms with E-state index in [1.54, 1.807) is 0 Å². The van der Waals surface area contributed by atoms with E-state index in [4.69, 9.17) is 21.4 Å². The Hall–Kier alpha value is -2.72. The minimum atomic E-state index is -4.54. The number of aromatic nitrogens is 5. The predicted octanol–water partition coefficient (Wildman–Crippen LogP) is 2.80. The van der Waals surface area contributed by atoms with E-state index in [0.717, 1.165) is 10.9 Å². The van der Waals surface area contributed by atoms with Crippen molar-refractivity contribution in [3.63, 3.8) is 0 Å². The van der Waals surface area contributed by atoms with Crippen molar-refractivity contribution in [3.8, 4) is 11.7 Å². The molecule has 0 aliphatic rings. The molecule has 3 rings (SSSR count). The number of aliphatic hydroxyl groups excluding tert-OH is 1. The van der Waals surface area contributed by atoms with E-state index in [1.807, 2.05) is 0 Å². The number of benzene rings is 1. The molecule has 1 N–H and O–H groups in total. The van der Waals surface area contributed by atoms with Gasteiger partial charge in [-0.2, -0.15) is 18.3 Å². The highest BCUT2D eigenvalue weighted by molar-refractivity contribution is 6.31. The fourth-order valence-electron chi connectivity index (χ4n) is 2.08. The number of aliphatic hydroxyl groups is 1. The highest BCUT2D eigenvalue weighted by Crippen LogP contribution is 2.35. The van der Waals surface area contributed by atoms with E-state index in [-0.39, 0.29) is 28.9 Å². The molecule has 0 aliphatic carbocycles. The number of alkyl halides is 3. The third-order valence-corrected chi connectivity index (χ3v) is 3.66. The minimum absolute atomic E-state index is 0.0466. The van der Waals surface area contributed by atoms with Gasteiger partial charge in [0.05, 0.1) is 30.8 Å². The molecule has 2 heterocycles. The maximum atomic E-state index is 13.1. The quantitative estimate of drug-likeness (QED) is 0.727. The van der Waals surface area contributed by atoms with Crippen molar-refractivity contribution >= 4 is 11.6 Å². The lowest BCUT2D eigenvalue weighted by Gasteiger charge is -2.14. The lowest BCUT2D eigenvalue weighted by atomic mass is 10.1. The fraction of sp³-hybridized carbons (Fsp3) is 0.200. The van der Waals surface area contributed by atoms with Gasteiger partial charge in [-0.1, -0.05) is 17.7 Å². The molecule has 0 fully saturated rings. The molecule has 2 aromatic heterocycles. The second-order valence-electron chi connectivity index (χ2n) is 5.05.